The van der Waals surface area contributed by atoms with Gasteiger partial charge in [-0.25, -0.2) is 8.42 Å². The first kappa shape index (κ1) is 24.6. The molecule has 0 radical (unpaired) electrons. The Labute approximate surface area is 203 Å². The van der Waals surface area contributed by atoms with Crippen molar-refractivity contribution in [2.45, 2.75) is 30.4 Å². The molecule has 184 valence electrons. The Morgan fingerprint density at radius 2 is 1.80 bits per heavy atom. The average molecular weight is 498 g/mol. The summed E-state index contributed by atoms with van der Waals surface area (Å²) >= 11 is 0. The van der Waals surface area contributed by atoms with Gasteiger partial charge in [-0.1, -0.05) is 18.2 Å². The third-order valence-corrected chi connectivity index (χ3v) is 7.10. The molecule has 3 aromatic rings. The molecule has 0 aliphatic carbocycles. The molecule has 2 atom stereocenters. The number of aliphatic hydroxyl groups is 1. The number of furan rings is 1. The SMILES string of the molecule is C[C@H]1CN(C(=O)c2ccco2)c2cc(-c3ccc(S(C)(=O)=O)cc3)ccc2N1C(=O)C(O)CCN. The average Bonchev–Trinajstić information content (AvgIpc) is 3.37. The van der Waals surface area contributed by atoms with Gasteiger partial charge < -0.3 is 25.1 Å². The van der Waals surface area contributed by atoms with Crippen molar-refractivity contribution in [3.05, 3.63) is 66.6 Å². The Morgan fingerprint density at radius 3 is 2.40 bits per heavy atom. The van der Waals surface area contributed by atoms with Crippen LogP contribution in [0.25, 0.3) is 11.1 Å². The van der Waals surface area contributed by atoms with Crippen molar-refractivity contribution in [3.8, 4) is 11.1 Å². The summed E-state index contributed by atoms with van der Waals surface area (Å²) in [5, 5.41) is 10.3. The molecule has 1 aliphatic heterocycles. The van der Waals surface area contributed by atoms with Crippen molar-refractivity contribution in [2.24, 2.45) is 5.73 Å². The molecule has 2 amide bonds. The highest BCUT2D eigenvalue weighted by molar-refractivity contribution is 7.90. The number of amides is 2. The van der Waals surface area contributed by atoms with E-state index in [-0.39, 0.29) is 36.1 Å². The lowest BCUT2D eigenvalue weighted by atomic mass is 9.99. The number of hydrogen-bond donors (Lipinski definition) is 2. The zero-order valence-electron chi connectivity index (χ0n) is 19.4. The van der Waals surface area contributed by atoms with Gasteiger partial charge in [-0.2, -0.15) is 0 Å². The highest BCUT2D eigenvalue weighted by Gasteiger charge is 2.37. The molecule has 4 rings (SSSR count). The first-order valence-corrected chi connectivity index (χ1v) is 13.0. The van der Waals surface area contributed by atoms with Crippen molar-refractivity contribution in [1.29, 1.82) is 0 Å². The lowest BCUT2D eigenvalue weighted by Gasteiger charge is -2.41. The van der Waals surface area contributed by atoms with Crippen LogP contribution in [0.5, 0.6) is 0 Å². The molecular weight excluding hydrogens is 470 g/mol. The van der Waals surface area contributed by atoms with E-state index in [4.69, 9.17) is 10.2 Å². The number of hydrogen-bond acceptors (Lipinski definition) is 7. The van der Waals surface area contributed by atoms with E-state index in [2.05, 4.69) is 0 Å². The molecule has 3 N–H and O–H groups in total. The minimum atomic E-state index is -3.34. The van der Waals surface area contributed by atoms with Crippen LogP contribution in [0.3, 0.4) is 0 Å². The maximum atomic E-state index is 13.3. The number of rotatable bonds is 6. The molecule has 0 bridgehead atoms. The Morgan fingerprint density at radius 1 is 1.11 bits per heavy atom. The van der Waals surface area contributed by atoms with Gasteiger partial charge in [0, 0.05) is 12.8 Å². The number of carbonyl (C=O) groups is 2. The number of aliphatic hydroxyl groups excluding tert-OH is 1. The molecule has 35 heavy (non-hydrogen) atoms. The molecule has 0 fully saturated rings. The number of anilines is 2. The molecule has 0 spiro atoms. The number of carbonyl (C=O) groups excluding carboxylic acids is 2. The summed E-state index contributed by atoms with van der Waals surface area (Å²) in [6.07, 6.45) is 1.42. The predicted octanol–water partition coefficient (Wildman–Crippen LogP) is 2.44. The number of nitrogens with zero attached hydrogens (tertiary/aromatic N) is 2. The van der Waals surface area contributed by atoms with Crippen molar-refractivity contribution in [2.75, 3.05) is 29.1 Å². The monoisotopic (exact) mass is 497 g/mol. The third-order valence-electron chi connectivity index (χ3n) is 5.97. The van der Waals surface area contributed by atoms with Gasteiger partial charge in [0.05, 0.1) is 28.6 Å². The molecular formula is C25H27N3O6S. The molecule has 1 aromatic heterocycles. The molecule has 1 aliphatic rings. The Hall–Kier alpha value is -3.47. The quantitative estimate of drug-likeness (QED) is 0.534. The molecule has 1 unspecified atom stereocenters. The highest BCUT2D eigenvalue weighted by Crippen LogP contribution is 2.40. The van der Waals surface area contributed by atoms with Crippen LogP contribution in [-0.2, 0) is 14.6 Å². The van der Waals surface area contributed by atoms with Gasteiger partial charge in [0.2, 0.25) is 0 Å². The molecule has 2 aromatic carbocycles. The van der Waals surface area contributed by atoms with Gasteiger partial charge in [-0.15, -0.1) is 0 Å². The Balaban J connectivity index is 1.80. The predicted molar refractivity (Wildman–Crippen MR) is 132 cm³/mol. The maximum Gasteiger partial charge on any atom is 0.294 e. The number of benzene rings is 2. The van der Waals surface area contributed by atoms with E-state index in [1.54, 1.807) is 54.3 Å². The summed E-state index contributed by atoms with van der Waals surface area (Å²) in [5.74, 6) is -0.684. The normalized spacial score (nSPS) is 16.6. The Bertz CT molecular complexity index is 1340. The zero-order valence-corrected chi connectivity index (χ0v) is 20.2. The van der Waals surface area contributed by atoms with E-state index in [9.17, 15) is 23.1 Å². The molecule has 2 heterocycles. The Kier molecular flexibility index (Phi) is 6.79. The van der Waals surface area contributed by atoms with E-state index in [1.807, 2.05) is 0 Å². The standard InChI is InChI=1S/C25H27N3O6S/c1-16-15-27(25(31)23-4-3-13-34-23)21-14-18(17-5-8-19(9-6-17)35(2,32)33)7-10-20(21)28(16)24(30)22(29)11-12-26/h3-10,13-14,16,22,29H,11-12,15,26H2,1-2H3/t16-,22?/m0/s1. The lowest BCUT2D eigenvalue weighted by molar-refractivity contribution is -0.127. The summed E-state index contributed by atoms with van der Waals surface area (Å²) in [6, 6.07) is 14.5. The van der Waals surface area contributed by atoms with Crippen LogP contribution >= 0.6 is 0 Å². The second kappa shape index (κ2) is 9.65. The van der Waals surface area contributed by atoms with Crippen LogP contribution in [0.4, 0.5) is 11.4 Å². The van der Waals surface area contributed by atoms with E-state index in [0.717, 1.165) is 17.4 Å². The van der Waals surface area contributed by atoms with Crippen LogP contribution in [0, 0.1) is 0 Å². The van der Waals surface area contributed by atoms with Crippen LogP contribution in [-0.4, -0.2) is 56.8 Å². The molecule has 0 saturated carbocycles. The number of fused-ring (bicyclic) bond motifs is 1. The van der Waals surface area contributed by atoms with Gasteiger partial charge in [-0.3, -0.25) is 9.59 Å². The minimum absolute atomic E-state index is 0.122. The van der Waals surface area contributed by atoms with Gasteiger partial charge in [0.1, 0.15) is 6.10 Å². The van der Waals surface area contributed by atoms with Gasteiger partial charge in [0.15, 0.2) is 15.6 Å². The molecule has 9 nitrogen and oxygen atoms in total. The first-order chi connectivity index (χ1) is 16.6. The van der Waals surface area contributed by atoms with Crippen molar-refractivity contribution in [1.82, 2.24) is 0 Å². The van der Waals surface area contributed by atoms with Gasteiger partial charge in [0.25, 0.3) is 11.8 Å². The van der Waals surface area contributed by atoms with Crippen molar-refractivity contribution in [3.63, 3.8) is 0 Å². The van der Waals surface area contributed by atoms with Crippen molar-refractivity contribution >= 4 is 33.0 Å². The van der Waals surface area contributed by atoms with Gasteiger partial charge >= 0.3 is 0 Å². The maximum absolute atomic E-state index is 13.3. The zero-order chi connectivity index (χ0) is 25.3. The van der Waals surface area contributed by atoms with Crippen LogP contribution in [0.2, 0.25) is 0 Å². The van der Waals surface area contributed by atoms with E-state index in [1.165, 1.54) is 23.3 Å². The number of sulfone groups is 1. The largest absolute Gasteiger partial charge is 0.459 e. The number of nitrogens with two attached hydrogens (primary N) is 1. The summed E-state index contributed by atoms with van der Waals surface area (Å²) in [7, 11) is -3.34. The van der Waals surface area contributed by atoms with Crippen LogP contribution in [0.15, 0.2) is 70.2 Å². The fourth-order valence-corrected chi connectivity index (χ4v) is 4.83. The summed E-state index contributed by atoms with van der Waals surface area (Å²) in [4.78, 5) is 29.6. The lowest BCUT2D eigenvalue weighted by Crippen LogP contribution is -2.54. The van der Waals surface area contributed by atoms with E-state index in [0.29, 0.717) is 11.4 Å². The smallest absolute Gasteiger partial charge is 0.294 e. The first-order valence-electron chi connectivity index (χ1n) is 11.1. The molecule has 0 saturated heterocycles. The van der Waals surface area contributed by atoms with Gasteiger partial charge in [-0.05, 0) is 67.4 Å². The fraction of sp³-hybridized carbons (Fsp3) is 0.280. The summed E-state index contributed by atoms with van der Waals surface area (Å²) < 4.78 is 29.0. The van der Waals surface area contributed by atoms with Crippen molar-refractivity contribution < 1.29 is 27.5 Å². The second-order valence-corrected chi connectivity index (χ2v) is 10.6. The summed E-state index contributed by atoms with van der Waals surface area (Å²) in [6.45, 7) is 2.15. The van der Waals surface area contributed by atoms with E-state index >= 15 is 0 Å². The fourth-order valence-electron chi connectivity index (χ4n) is 4.20. The minimum Gasteiger partial charge on any atom is -0.459 e. The summed E-state index contributed by atoms with van der Waals surface area (Å²) in [5.41, 5.74) is 7.95. The van der Waals surface area contributed by atoms with Crippen LogP contribution < -0.4 is 15.5 Å². The van der Waals surface area contributed by atoms with E-state index < -0.39 is 27.9 Å². The highest BCUT2D eigenvalue weighted by atomic mass is 32.2. The van der Waals surface area contributed by atoms with Crippen LogP contribution in [0.1, 0.15) is 23.9 Å². The third kappa shape index (κ3) is 4.86. The second-order valence-electron chi connectivity index (χ2n) is 8.54. The molecule has 10 heteroatoms. The topological polar surface area (TPSA) is 134 Å².